The molecule has 0 saturated heterocycles. The van der Waals surface area contributed by atoms with Crippen LogP contribution in [0.2, 0.25) is 0 Å². The van der Waals surface area contributed by atoms with E-state index in [4.69, 9.17) is 14.2 Å². The van der Waals surface area contributed by atoms with Gasteiger partial charge in [-0.05, 0) is 96.3 Å². The summed E-state index contributed by atoms with van der Waals surface area (Å²) in [6.45, 7) is 6.42. The number of allylic oxidation sites excluding steroid dienone is 13. The molecule has 0 aromatic carbocycles. The molecule has 6 heteroatoms. The maximum absolute atomic E-state index is 12.7. The van der Waals surface area contributed by atoms with Crippen molar-refractivity contribution in [1.29, 1.82) is 0 Å². The van der Waals surface area contributed by atoms with E-state index in [2.05, 4.69) is 93.7 Å². The normalized spacial score (nSPS) is 12.7. The van der Waals surface area contributed by atoms with Gasteiger partial charge in [0.15, 0.2) is 6.10 Å². The first-order valence-corrected chi connectivity index (χ1v) is 26.6. The standard InChI is InChI=1S/C58H98O6/c1-4-7-10-13-16-19-22-25-28-29-31-33-36-39-42-45-48-51-57(60)63-54-55(53-62-56(59)50-47-44-41-38-35-32-27-24-21-18-15-12-9-6-3)64-58(61)52-49-46-43-40-37-34-30-26-23-20-17-14-11-8-5-2/h8,11,17,20,24-28,30,37,40,46,49,55H,4-7,9-10,12-16,18-19,21-23,29,31-36,38-39,41-45,47-48,50-54H2,1-3H3/b11-8-,20-17-,27-24-,28-25-,30-26-,40-37-,49-46-. The number of carbonyl (C=O) groups excluding carboxylic acids is 3. The van der Waals surface area contributed by atoms with E-state index in [9.17, 15) is 14.4 Å². The molecular weight excluding hydrogens is 793 g/mol. The molecule has 0 rings (SSSR count). The molecule has 0 aromatic heterocycles. The first-order chi connectivity index (χ1) is 31.5. The Labute approximate surface area is 395 Å². The lowest BCUT2D eigenvalue weighted by molar-refractivity contribution is -0.166. The molecule has 0 bridgehead atoms. The molecule has 0 N–H and O–H groups in total. The predicted molar refractivity (Wildman–Crippen MR) is 274 cm³/mol. The molecule has 0 spiro atoms. The van der Waals surface area contributed by atoms with Crippen LogP contribution in [0.4, 0.5) is 0 Å². The van der Waals surface area contributed by atoms with E-state index in [-0.39, 0.29) is 31.6 Å². The molecular formula is C58H98O6. The first-order valence-electron chi connectivity index (χ1n) is 26.6. The number of ether oxygens (including phenoxy) is 3. The smallest absolute Gasteiger partial charge is 0.310 e. The van der Waals surface area contributed by atoms with Crippen LogP contribution in [-0.2, 0) is 28.6 Å². The van der Waals surface area contributed by atoms with E-state index < -0.39 is 12.1 Å². The third-order valence-electron chi connectivity index (χ3n) is 11.1. The fourth-order valence-electron chi connectivity index (χ4n) is 7.15. The lowest BCUT2D eigenvalue weighted by Crippen LogP contribution is -2.30. The maximum atomic E-state index is 12.7. The van der Waals surface area contributed by atoms with Gasteiger partial charge in [0.25, 0.3) is 0 Å². The Morgan fingerprint density at radius 3 is 1.02 bits per heavy atom. The predicted octanol–water partition coefficient (Wildman–Crippen LogP) is 17.6. The zero-order valence-electron chi connectivity index (χ0n) is 41.8. The monoisotopic (exact) mass is 891 g/mol. The second-order valence-corrected chi connectivity index (χ2v) is 17.4. The van der Waals surface area contributed by atoms with Gasteiger partial charge >= 0.3 is 17.9 Å². The van der Waals surface area contributed by atoms with Crippen molar-refractivity contribution in [2.45, 2.75) is 252 Å². The van der Waals surface area contributed by atoms with Crippen LogP contribution in [0.25, 0.3) is 0 Å². The first kappa shape index (κ1) is 60.6. The molecule has 0 aliphatic rings. The van der Waals surface area contributed by atoms with Gasteiger partial charge in [-0.1, -0.05) is 215 Å². The number of rotatable bonds is 47. The summed E-state index contributed by atoms with van der Waals surface area (Å²) in [5, 5.41) is 0. The van der Waals surface area contributed by atoms with Crippen molar-refractivity contribution in [1.82, 2.24) is 0 Å². The number of carbonyl (C=O) groups is 3. The number of esters is 3. The van der Waals surface area contributed by atoms with Crippen molar-refractivity contribution in [2.75, 3.05) is 13.2 Å². The second-order valence-electron chi connectivity index (χ2n) is 17.4. The largest absolute Gasteiger partial charge is 0.462 e. The molecule has 0 radical (unpaired) electrons. The van der Waals surface area contributed by atoms with Gasteiger partial charge in [-0.25, -0.2) is 0 Å². The van der Waals surface area contributed by atoms with E-state index >= 15 is 0 Å². The van der Waals surface area contributed by atoms with Crippen LogP contribution in [0.15, 0.2) is 85.1 Å². The van der Waals surface area contributed by atoms with Gasteiger partial charge in [0.1, 0.15) is 13.2 Å². The summed E-state index contributed by atoms with van der Waals surface area (Å²) < 4.78 is 16.7. The van der Waals surface area contributed by atoms with Crippen LogP contribution in [-0.4, -0.2) is 37.2 Å². The van der Waals surface area contributed by atoms with Crippen LogP contribution in [0.3, 0.4) is 0 Å². The minimum atomic E-state index is -0.835. The van der Waals surface area contributed by atoms with Crippen molar-refractivity contribution in [3.8, 4) is 0 Å². The van der Waals surface area contributed by atoms with Crippen molar-refractivity contribution < 1.29 is 28.6 Å². The molecule has 1 unspecified atom stereocenters. The van der Waals surface area contributed by atoms with E-state index in [1.54, 1.807) is 6.08 Å². The summed E-state index contributed by atoms with van der Waals surface area (Å²) in [5.41, 5.74) is 0. The minimum Gasteiger partial charge on any atom is -0.462 e. The highest BCUT2D eigenvalue weighted by Crippen LogP contribution is 2.14. The Morgan fingerprint density at radius 2 is 0.656 bits per heavy atom. The number of unbranched alkanes of at least 4 members (excludes halogenated alkanes) is 23. The Hall–Kier alpha value is -3.41. The van der Waals surface area contributed by atoms with Crippen molar-refractivity contribution in [2.24, 2.45) is 0 Å². The van der Waals surface area contributed by atoms with Gasteiger partial charge in [0, 0.05) is 12.8 Å². The maximum Gasteiger partial charge on any atom is 0.310 e. The van der Waals surface area contributed by atoms with Crippen LogP contribution >= 0.6 is 0 Å². The van der Waals surface area contributed by atoms with Crippen LogP contribution < -0.4 is 0 Å². The van der Waals surface area contributed by atoms with E-state index in [1.807, 2.05) is 6.08 Å². The minimum absolute atomic E-state index is 0.0940. The second kappa shape index (κ2) is 52.2. The fourth-order valence-corrected chi connectivity index (χ4v) is 7.15. The number of hydrogen-bond acceptors (Lipinski definition) is 6. The van der Waals surface area contributed by atoms with E-state index in [0.29, 0.717) is 12.8 Å². The SMILES string of the molecule is CC/C=C\C/C=C\C/C=C\C/C=C\C/C=C\CC(=O)OC(COC(=O)CCCCCCC/C=C\CCCCCCC)COC(=O)CCCCCCCCC/C=C\CCCCCCCC. The zero-order valence-corrected chi connectivity index (χ0v) is 41.8. The topological polar surface area (TPSA) is 78.9 Å². The Kier molecular flexibility index (Phi) is 49.4. The van der Waals surface area contributed by atoms with Crippen molar-refractivity contribution in [3.63, 3.8) is 0 Å². The Balaban J connectivity index is 4.51. The summed E-state index contributed by atoms with van der Waals surface area (Å²) in [4.78, 5) is 37.9. The average Bonchev–Trinajstić information content (AvgIpc) is 3.29. The van der Waals surface area contributed by atoms with Crippen LogP contribution in [0.5, 0.6) is 0 Å². The highest BCUT2D eigenvalue weighted by molar-refractivity contribution is 5.72. The molecule has 0 amide bonds. The molecule has 0 aliphatic heterocycles. The fraction of sp³-hybridized carbons (Fsp3) is 0.707. The molecule has 366 valence electrons. The van der Waals surface area contributed by atoms with Crippen LogP contribution in [0.1, 0.15) is 245 Å². The molecule has 0 saturated carbocycles. The molecule has 0 aromatic rings. The highest BCUT2D eigenvalue weighted by atomic mass is 16.6. The van der Waals surface area contributed by atoms with Crippen LogP contribution in [0, 0.1) is 0 Å². The van der Waals surface area contributed by atoms with Gasteiger partial charge in [0.05, 0.1) is 6.42 Å². The highest BCUT2D eigenvalue weighted by Gasteiger charge is 2.19. The van der Waals surface area contributed by atoms with Gasteiger partial charge in [-0.3, -0.25) is 14.4 Å². The molecule has 0 heterocycles. The quantitative estimate of drug-likeness (QED) is 0.0262. The lowest BCUT2D eigenvalue weighted by Gasteiger charge is -2.18. The van der Waals surface area contributed by atoms with Gasteiger partial charge < -0.3 is 14.2 Å². The van der Waals surface area contributed by atoms with Crippen molar-refractivity contribution >= 4 is 17.9 Å². The lowest BCUT2D eigenvalue weighted by atomic mass is 10.1. The van der Waals surface area contributed by atoms with E-state index in [0.717, 1.165) is 83.5 Å². The third kappa shape index (κ3) is 49.6. The Morgan fingerprint density at radius 1 is 0.344 bits per heavy atom. The van der Waals surface area contributed by atoms with Gasteiger partial charge in [0.2, 0.25) is 0 Å². The van der Waals surface area contributed by atoms with E-state index in [1.165, 1.54) is 122 Å². The summed E-state index contributed by atoms with van der Waals surface area (Å²) in [5.74, 6) is -1.06. The van der Waals surface area contributed by atoms with Gasteiger partial charge in [-0.2, -0.15) is 0 Å². The summed E-state index contributed by atoms with van der Waals surface area (Å²) >= 11 is 0. The molecule has 1 atom stereocenters. The molecule has 0 aliphatic carbocycles. The average molecular weight is 891 g/mol. The number of hydrogen-bond donors (Lipinski definition) is 0. The summed E-state index contributed by atoms with van der Waals surface area (Å²) in [6.07, 6.45) is 67.3. The van der Waals surface area contributed by atoms with Crippen molar-refractivity contribution in [3.05, 3.63) is 85.1 Å². The third-order valence-corrected chi connectivity index (χ3v) is 11.1. The molecule has 0 fully saturated rings. The molecule has 6 nitrogen and oxygen atoms in total. The Bertz CT molecular complexity index is 1250. The van der Waals surface area contributed by atoms with Gasteiger partial charge in [-0.15, -0.1) is 0 Å². The summed E-state index contributed by atoms with van der Waals surface area (Å²) in [6, 6.07) is 0. The zero-order chi connectivity index (χ0) is 46.5. The molecule has 64 heavy (non-hydrogen) atoms. The summed E-state index contributed by atoms with van der Waals surface area (Å²) in [7, 11) is 0.